The molecular formula is C15H25N3. The van der Waals surface area contributed by atoms with Crippen LogP contribution in [0.25, 0.3) is 0 Å². The first kappa shape index (κ1) is 13.4. The van der Waals surface area contributed by atoms with Crippen LogP contribution in [0.4, 0.5) is 5.69 Å². The Morgan fingerprint density at radius 2 is 1.78 bits per heavy atom. The van der Waals surface area contributed by atoms with Gasteiger partial charge >= 0.3 is 0 Å². The van der Waals surface area contributed by atoms with E-state index in [1.54, 1.807) is 0 Å². The third kappa shape index (κ3) is 2.68. The maximum absolute atomic E-state index is 5.88. The molecule has 1 saturated heterocycles. The summed E-state index contributed by atoms with van der Waals surface area (Å²) < 4.78 is 0. The van der Waals surface area contributed by atoms with Gasteiger partial charge in [-0.25, -0.2) is 0 Å². The maximum Gasteiger partial charge on any atom is 0.0367 e. The molecule has 0 unspecified atom stereocenters. The second-order valence-electron chi connectivity index (χ2n) is 6.04. The number of benzene rings is 1. The number of nitrogens with two attached hydrogens (primary N) is 1. The highest BCUT2D eigenvalue weighted by molar-refractivity contribution is 5.49. The Bertz CT molecular complexity index is 395. The molecule has 0 spiro atoms. The quantitative estimate of drug-likeness (QED) is 0.870. The lowest BCUT2D eigenvalue weighted by Crippen LogP contribution is -2.57. The second kappa shape index (κ2) is 4.90. The van der Waals surface area contributed by atoms with Crippen LogP contribution >= 0.6 is 0 Å². The highest BCUT2D eigenvalue weighted by Crippen LogP contribution is 2.25. The lowest BCUT2D eigenvalue weighted by atomic mass is 9.99. The number of hydrogen-bond donors (Lipinski definition) is 1. The predicted molar refractivity (Wildman–Crippen MR) is 78.0 cm³/mol. The van der Waals surface area contributed by atoms with Crippen LogP contribution in [0.2, 0.25) is 0 Å². The summed E-state index contributed by atoms with van der Waals surface area (Å²) in [6.07, 6.45) is 0. The summed E-state index contributed by atoms with van der Waals surface area (Å²) in [7, 11) is 2.20. The van der Waals surface area contributed by atoms with E-state index >= 15 is 0 Å². The average Bonchev–Trinajstić information content (AvgIpc) is 2.33. The van der Waals surface area contributed by atoms with Gasteiger partial charge in [0.1, 0.15) is 0 Å². The number of likely N-dealkylation sites (N-methyl/N-ethyl adjacent to an activating group) is 1. The minimum absolute atomic E-state index is 0.114. The second-order valence-corrected chi connectivity index (χ2v) is 6.04. The molecule has 0 saturated carbocycles. The van der Waals surface area contributed by atoms with Crippen LogP contribution in [0.5, 0.6) is 0 Å². The van der Waals surface area contributed by atoms with E-state index in [1.807, 2.05) is 6.92 Å². The first-order chi connectivity index (χ1) is 8.40. The summed E-state index contributed by atoms with van der Waals surface area (Å²) >= 11 is 0. The van der Waals surface area contributed by atoms with Crippen molar-refractivity contribution < 1.29 is 0 Å². The number of nitrogens with zero attached hydrogens (tertiary/aromatic N) is 2. The lowest BCUT2D eigenvalue weighted by Gasteiger charge is -2.46. The molecule has 0 aromatic heterocycles. The summed E-state index contributed by atoms with van der Waals surface area (Å²) in [6, 6.07) is 8.79. The molecule has 0 bridgehead atoms. The Labute approximate surface area is 111 Å². The van der Waals surface area contributed by atoms with Gasteiger partial charge in [0.25, 0.3) is 0 Å². The standard InChI is InChI=1S/C15H25N3/c1-12(16)13-5-7-14(8-6-13)18-10-9-17(4)15(2,3)11-18/h5-8,12H,9-11,16H2,1-4H3/t12-/m1/s1. The number of rotatable bonds is 2. The van der Waals surface area contributed by atoms with Crippen LogP contribution in [0.15, 0.2) is 24.3 Å². The van der Waals surface area contributed by atoms with Crippen molar-refractivity contribution in [3.05, 3.63) is 29.8 Å². The molecule has 1 aromatic rings. The molecule has 1 atom stereocenters. The van der Waals surface area contributed by atoms with Gasteiger partial charge in [0.05, 0.1) is 0 Å². The fourth-order valence-electron chi connectivity index (χ4n) is 2.45. The Morgan fingerprint density at radius 3 is 2.28 bits per heavy atom. The molecule has 2 N–H and O–H groups in total. The Kier molecular flexibility index (Phi) is 3.64. The monoisotopic (exact) mass is 247 g/mol. The molecule has 3 nitrogen and oxygen atoms in total. The van der Waals surface area contributed by atoms with E-state index in [2.05, 4.69) is 55.0 Å². The molecule has 1 aromatic carbocycles. The molecule has 2 rings (SSSR count). The van der Waals surface area contributed by atoms with Gasteiger partial charge in [-0.15, -0.1) is 0 Å². The van der Waals surface area contributed by atoms with E-state index in [4.69, 9.17) is 5.73 Å². The van der Waals surface area contributed by atoms with Crippen molar-refractivity contribution >= 4 is 5.69 Å². The van der Waals surface area contributed by atoms with Crippen molar-refractivity contribution in [3.8, 4) is 0 Å². The van der Waals surface area contributed by atoms with Crippen LogP contribution in [0.3, 0.4) is 0 Å². The van der Waals surface area contributed by atoms with Gasteiger partial charge in [-0.2, -0.15) is 0 Å². The molecule has 1 fully saturated rings. The highest BCUT2D eigenvalue weighted by Gasteiger charge is 2.30. The van der Waals surface area contributed by atoms with Crippen molar-refractivity contribution in [1.29, 1.82) is 0 Å². The van der Waals surface area contributed by atoms with Crippen LogP contribution in [0.1, 0.15) is 32.4 Å². The van der Waals surface area contributed by atoms with Crippen molar-refractivity contribution in [2.75, 3.05) is 31.6 Å². The molecule has 18 heavy (non-hydrogen) atoms. The van der Waals surface area contributed by atoms with Crippen LogP contribution in [-0.4, -0.2) is 37.1 Å². The molecule has 0 amide bonds. The maximum atomic E-state index is 5.88. The van der Waals surface area contributed by atoms with Gasteiger partial charge in [-0.05, 0) is 45.5 Å². The van der Waals surface area contributed by atoms with E-state index in [0.29, 0.717) is 0 Å². The lowest BCUT2D eigenvalue weighted by molar-refractivity contribution is 0.139. The van der Waals surface area contributed by atoms with Gasteiger partial charge in [0.15, 0.2) is 0 Å². The van der Waals surface area contributed by atoms with Gasteiger partial charge in [-0.3, -0.25) is 4.90 Å². The van der Waals surface area contributed by atoms with E-state index < -0.39 is 0 Å². The van der Waals surface area contributed by atoms with Gasteiger partial charge in [0.2, 0.25) is 0 Å². The topological polar surface area (TPSA) is 32.5 Å². The van der Waals surface area contributed by atoms with E-state index in [1.165, 1.54) is 11.3 Å². The fourth-order valence-corrected chi connectivity index (χ4v) is 2.45. The number of anilines is 1. The summed E-state index contributed by atoms with van der Waals surface area (Å²) in [5.41, 5.74) is 8.62. The van der Waals surface area contributed by atoms with Gasteiger partial charge in [-0.1, -0.05) is 12.1 Å². The number of piperazine rings is 1. The number of hydrogen-bond acceptors (Lipinski definition) is 3. The molecular weight excluding hydrogens is 222 g/mol. The van der Waals surface area contributed by atoms with Crippen LogP contribution in [0, 0.1) is 0 Å². The average molecular weight is 247 g/mol. The highest BCUT2D eigenvalue weighted by atomic mass is 15.3. The van der Waals surface area contributed by atoms with Crippen molar-refractivity contribution in [1.82, 2.24) is 4.90 Å². The zero-order valence-electron chi connectivity index (χ0n) is 12.0. The van der Waals surface area contributed by atoms with E-state index in [0.717, 1.165) is 19.6 Å². The molecule has 1 aliphatic heterocycles. The minimum Gasteiger partial charge on any atom is -0.368 e. The molecule has 0 radical (unpaired) electrons. The fraction of sp³-hybridized carbons (Fsp3) is 0.600. The summed E-state index contributed by atoms with van der Waals surface area (Å²) in [6.45, 7) is 9.90. The normalized spacial score (nSPS) is 21.9. The Balaban J connectivity index is 2.13. The van der Waals surface area contributed by atoms with E-state index in [-0.39, 0.29) is 11.6 Å². The third-order valence-corrected chi connectivity index (χ3v) is 4.10. The molecule has 0 aliphatic carbocycles. The molecule has 3 heteroatoms. The zero-order valence-corrected chi connectivity index (χ0v) is 12.0. The zero-order chi connectivity index (χ0) is 13.3. The molecule has 1 heterocycles. The van der Waals surface area contributed by atoms with E-state index in [9.17, 15) is 0 Å². The van der Waals surface area contributed by atoms with Crippen molar-refractivity contribution in [2.45, 2.75) is 32.4 Å². The Hall–Kier alpha value is -1.06. The summed E-state index contributed by atoms with van der Waals surface area (Å²) in [4.78, 5) is 4.89. The SMILES string of the molecule is C[C@@H](N)c1ccc(N2CCN(C)C(C)(C)C2)cc1. The van der Waals surface area contributed by atoms with Crippen LogP contribution in [-0.2, 0) is 0 Å². The largest absolute Gasteiger partial charge is 0.368 e. The van der Waals surface area contributed by atoms with Crippen LogP contribution < -0.4 is 10.6 Å². The summed E-state index contributed by atoms with van der Waals surface area (Å²) in [5, 5.41) is 0. The smallest absolute Gasteiger partial charge is 0.0367 e. The first-order valence-corrected chi connectivity index (χ1v) is 6.72. The van der Waals surface area contributed by atoms with Gasteiger partial charge in [0, 0.05) is 36.9 Å². The first-order valence-electron chi connectivity index (χ1n) is 6.72. The minimum atomic E-state index is 0.114. The van der Waals surface area contributed by atoms with Crippen molar-refractivity contribution in [2.24, 2.45) is 5.73 Å². The van der Waals surface area contributed by atoms with Crippen molar-refractivity contribution in [3.63, 3.8) is 0 Å². The summed E-state index contributed by atoms with van der Waals surface area (Å²) in [5.74, 6) is 0. The van der Waals surface area contributed by atoms with Gasteiger partial charge < -0.3 is 10.6 Å². The molecule has 1 aliphatic rings. The predicted octanol–water partition coefficient (Wildman–Crippen LogP) is 2.24. The third-order valence-electron chi connectivity index (χ3n) is 4.10. The molecule has 100 valence electrons. The Morgan fingerprint density at radius 1 is 1.17 bits per heavy atom.